The number of alkyl halides is 3. The summed E-state index contributed by atoms with van der Waals surface area (Å²) >= 11 is 0. The summed E-state index contributed by atoms with van der Waals surface area (Å²) in [5.41, 5.74) is -2.03. The second-order valence-electron chi connectivity index (χ2n) is 6.29. The van der Waals surface area contributed by atoms with E-state index in [2.05, 4.69) is 5.32 Å². The second-order valence-corrected chi connectivity index (χ2v) is 8.30. The Bertz CT molecular complexity index is 1070. The molecule has 0 bridgehead atoms. The van der Waals surface area contributed by atoms with Gasteiger partial charge in [0.25, 0.3) is 5.69 Å². The van der Waals surface area contributed by atoms with Gasteiger partial charge in [-0.2, -0.15) is 13.2 Å². The average Bonchev–Trinajstić information content (AvgIpc) is 2.64. The van der Waals surface area contributed by atoms with Crippen LogP contribution in [0.5, 0.6) is 0 Å². The van der Waals surface area contributed by atoms with Gasteiger partial charge in [0.05, 0.1) is 27.6 Å². The molecule has 2 aromatic carbocycles. The van der Waals surface area contributed by atoms with E-state index in [0.717, 1.165) is 30.5 Å². The molecule has 2 aromatic rings. The number of sulfone groups is 1. The van der Waals surface area contributed by atoms with E-state index in [1.807, 2.05) is 0 Å². The van der Waals surface area contributed by atoms with Gasteiger partial charge in [-0.3, -0.25) is 14.9 Å². The molecule has 0 radical (unpaired) electrons. The van der Waals surface area contributed by atoms with Crippen LogP contribution in [0.15, 0.2) is 47.4 Å². The lowest BCUT2D eigenvalue weighted by Crippen LogP contribution is -2.34. The SMILES string of the molecule is CCN(CC(=O)Nc1ccccc1C(F)(F)F)c1ccc(S(C)(=O)=O)cc1[N+](=O)[O-]. The number of halogens is 3. The fraction of sp³-hybridized carbons (Fsp3) is 0.278. The lowest BCUT2D eigenvalue weighted by atomic mass is 10.1. The molecule has 162 valence electrons. The summed E-state index contributed by atoms with van der Waals surface area (Å²) < 4.78 is 62.6. The maximum absolute atomic E-state index is 13.1. The van der Waals surface area contributed by atoms with Crippen LogP contribution in [0.25, 0.3) is 0 Å². The standard InChI is InChI=1S/C18H18F3N3O5S/c1-3-23(15-9-8-12(30(2,28)29)10-16(15)24(26)27)11-17(25)22-14-7-5-4-6-13(14)18(19,20)21/h4-10H,3,11H2,1-2H3,(H,22,25). The highest BCUT2D eigenvalue weighted by molar-refractivity contribution is 7.90. The predicted molar refractivity (Wildman–Crippen MR) is 104 cm³/mol. The Kier molecular flexibility index (Phi) is 6.70. The average molecular weight is 445 g/mol. The van der Waals surface area contributed by atoms with E-state index in [1.54, 1.807) is 6.92 Å². The molecular weight excluding hydrogens is 427 g/mol. The van der Waals surface area contributed by atoms with Crippen LogP contribution in [0.4, 0.5) is 30.2 Å². The number of nitro groups is 1. The molecule has 0 saturated carbocycles. The summed E-state index contributed by atoms with van der Waals surface area (Å²) in [7, 11) is -3.70. The third-order valence-electron chi connectivity index (χ3n) is 4.14. The van der Waals surface area contributed by atoms with Crippen molar-refractivity contribution in [3.05, 3.63) is 58.1 Å². The molecule has 0 aliphatic heterocycles. The minimum absolute atomic E-state index is 0.0332. The van der Waals surface area contributed by atoms with Crippen LogP contribution in [0.3, 0.4) is 0 Å². The van der Waals surface area contributed by atoms with Crippen LogP contribution in [-0.2, 0) is 20.8 Å². The lowest BCUT2D eigenvalue weighted by Gasteiger charge is -2.23. The normalized spacial score (nSPS) is 11.8. The van der Waals surface area contributed by atoms with E-state index in [-0.39, 0.29) is 17.1 Å². The maximum Gasteiger partial charge on any atom is 0.418 e. The van der Waals surface area contributed by atoms with Crippen LogP contribution in [0, 0.1) is 10.1 Å². The number of carbonyl (C=O) groups is 1. The number of nitrogens with zero attached hydrogens (tertiary/aromatic N) is 2. The fourth-order valence-electron chi connectivity index (χ4n) is 2.72. The number of amides is 1. The van der Waals surface area contributed by atoms with Gasteiger partial charge in [-0.25, -0.2) is 8.42 Å². The van der Waals surface area contributed by atoms with Crippen molar-refractivity contribution in [2.75, 3.05) is 29.6 Å². The van der Waals surface area contributed by atoms with E-state index >= 15 is 0 Å². The first-order valence-electron chi connectivity index (χ1n) is 8.54. The summed E-state index contributed by atoms with van der Waals surface area (Å²) in [5.74, 6) is -0.824. The first-order chi connectivity index (χ1) is 13.8. The minimum atomic E-state index is -4.67. The van der Waals surface area contributed by atoms with Crippen molar-refractivity contribution >= 4 is 32.8 Å². The maximum atomic E-state index is 13.1. The third-order valence-corrected chi connectivity index (χ3v) is 5.25. The number of likely N-dealkylation sites (N-methyl/N-ethyl adjacent to an activating group) is 1. The topological polar surface area (TPSA) is 110 Å². The number of anilines is 2. The number of carbonyl (C=O) groups excluding carboxylic acids is 1. The molecular formula is C18H18F3N3O5S. The van der Waals surface area contributed by atoms with Crippen molar-refractivity contribution in [3.63, 3.8) is 0 Å². The molecule has 0 atom stereocenters. The highest BCUT2D eigenvalue weighted by Gasteiger charge is 2.33. The highest BCUT2D eigenvalue weighted by Crippen LogP contribution is 2.35. The van der Waals surface area contributed by atoms with Gasteiger partial charge in [-0.15, -0.1) is 0 Å². The molecule has 12 heteroatoms. The molecule has 0 spiro atoms. The smallest absolute Gasteiger partial charge is 0.357 e. The summed E-state index contributed by atoms with van der Waals surface area (Å²) in [4.78, 5) is 24.0. The van der Waals surface area contributed by atoms with Gasteiger partial charge in [-0.1, -0.05) is 12.1 Å². The largest absolute Gasteiger partial charge is 0.418 e. The van der Waals surface area contributed by atoms with Gasteiger partial charge < -0.3 is 10.2 Å². The molecule has 0 fully saturated rings. The van der Waals surface area contributed by atoms with E-state index < -0.39 is 50.3 Å². The van der Waals surface area contributed by atoms with E-state index in [0.29, 0.717) is 0 Å². The van der Waals surface area contributed by atoms with Crippen LogP contribution in [0.2, 0.25) is 0 Å². The summed E-state index contributed by atoms with van der Waals surface area (Å²) in [6, 6.07) is 7.67. The molecule has 0 heterocycles. The van der Waals surface area contributed by atoms with Crippen molar-refractivity contribution in [2.24, 2.45) is 0 Å². The van der Waals surface area contributed by atoms with Gasteiger partial charge in [0.15, 0.2) is 9.84 Å². The first-order valence-corrected chi connectivity index (χ1v) is 10.4. The van der Waals surface area contributed by atoms with Crippen molar-refractivity contribution in [1.29, 1.82) is 0 Å². The van der Waals surface area contributed by atoms with Crippen molar-refractivity contribution in [2.45, 2.75) is 18.0 Å². The van der Waals surface area contributed by atoms with Crippen molar-refractivity contribution in [3.8, 4) is 0 Å². The molecule has 2 rings (SSSR count). The minimum Gasteiger partial charge on any atom is -0.357 e. The number of nitro benzene ring substituents is 1. The first kappa shape index (κ1) is 23.1. The number of para-hydroxylation sites is 1. The molecule has 0 aliphatic rings. The summed E-state index contributed by atoms with van der Waals surface area (Å²) in [5, 5.41) is 13.6. The third kappa shape index (κ3) is 5.47. The molecule has 0 aromatic heterocycles. The zero-order valence-electron chi connectivity index (χ0n) is 15.9. The van der Waals surface area contributed by atoms with Crippen LogP contribution in [-0.4, -0.2) is 38.6 Å². The monoisotopic (exact) mass is 445 g/mol. The van der Waals surface area contributed by atoms with E-state index in [1.165, 1.54) is 23.1 Å². The quantitative estimate of drug-likeness (QED) is 0.516. The van der Waals surface area contributed by atoms with Crippen LogP contribution >= 0.6 is 0 Å². The fourth-order valence-corrected chi connectivity index (χ4v) is 3.36. The molecule has 0 unspecified atom stereocenters. The number of hydrogen-bond acceptors (Lipinski definition) is 6. The Morgan fingerprint density at radius 1 is 1.20 bits per heavy atom. The molecule has 1 amide bonds. The molecule has 0 saturated heterocycles. The van der Waals surface area contributed by atoms with E-state index in [4.69, 9.17) is 0 Å². The Hall–Kier alpha value is -3.15. The number of rotatable bonds is 7. The Labute approximate surface area is 170 Å². The molecule has 0 aliphatic carbocycles. The predicted octanol–water partition coefficient (Wildman–Crippen LogP) is 3.48. The van der Waals surface area contributed by atoms with Crippen molar-refractivity contribution < 1.29 is 31.3 Å². The van der Waals surface area contributed by atoms with Crippen LogP contribution in [0.1, 0.15) is 12.5 Å². The molecule has 1 N–H and O–H groups in total. The second kappa shape index (κ2) is 8.69. The van der Waals surface area contributed by atoms with Crippen molar-refractivity contribution in [1.82, 2.24) is 0 Å². The van der Waals surface area contributed by atoms with Gasteiger partial charge >= 0.3 is 6.18 Å². The van der Waals surface area contributed by atoms with Crippen LogP contribution < -0.4 is 10.2 Å². The number of nitrogens with one attached hydrogen (secondary N) is 1. The highest BCUT2D eigenvalue weighted by atomic mass is 32.2. The Morgan fingerprint density at radius 3 is 2.37 bits per heavy atom. The van der Waals surface area contributed by atoms with Gasteiger partial charge in [-0.05, 0) is 31.2 Å². The molecule has 30 heavy (non-hydrogen) atoms. The Balaban J connectivity index is 2.32. The van der Waals surface area contributed by atoms with Gasteiger partial charge in [0, 0.05) is 18.9 Å². The zero-order chi connectivity index (χ0) is 22.7. The van der Waals surface area contributed by atoms with Gasteiger partial charge in [0.1, 0.15) is 5.69 Å². The van der Waals surface area contributed by atoms with E-state index in [9.17, 15) is 36.5 Å². The lowest BCUT2D eigenvalue weighted by molar-refractivity contribution is -0.384. The summed E-state index contributed by atoms with van der Waals surface area (Å²) in [6.07, 6.45) is -3.77. The number of hydrogen-bond donors (Lipinski definition) is 1. The zero-order valence-corrected chi connectivity index (χ0v) is 16.7. The summed E-state index contributed by atoms with van der Waals surface area (Å²) in [6.45, 7) is 1.21. The number of benzene rings is 2. The Morgan fingerprint density at radius 2 is 1.83 bits per heavy atom. The molecule has 8 nitrogen and oxygen atoms in total. The van der Waals surface area contributed by atoms with Gasteiger partial charge in [0.2, 0.25) is 5.91 Å².